The lowest BCUT2D eigenvalue weighted by Crippen LogP contribution is -2.34. The molecule has 5 heteroatoms. The first kappa shape index (κ1) is 17.6. The van der Waals surface area contributed by atoms with Crippen LogP contribution in [-0.2, 0) is 6.42 Å². The fraction of sp³-hybridized carbons (Fsp3) is 0.211. The normalized spacial score (nSPS) is 10.1. The molecule has 0 aliphatic carbocycles. The number of hydrogen-bond acceptors (Lipinski definition) is 3. The first-order valence-electron chi connectivity index (χ1n) is 7.68. The van der Waals surface area contributed by atoms with Gasteiger partial charge in [-0.2, -0.15) is 5.26 Å². The Morgan fingerprint density at radius 2 is 1.75 bits per heavy atom. The second-order valence-corrected chi connectivity index (χ2v) is 6.13. The molecule has 0 radical (unpaired) electrons. The van der Waals surface area contributed by atoms with Gasteiger partial charge in [0.15, 0.2) is 5.11 Å². The van der Waals surface area contributed by atoms with E-state index in [0.29, 0.717) is 17.9 Å². The van der Waals surface area contributed by atoms with Crippen LogP contribution in [0.3, 0.4) is 0 Å². The van der Waals surface area contributed by atoms with E-state index in [1.54, 1.807) is 12.1 Å². The molecular weight excluding hydrogens is 318 g/mol. The van der Waals surface area contributed by atoms with Crippen LogP contribution >= 0.6 is 12.2 Å². The van der Waals surface area contributed by atoms with Gasteiger partial charge in [-0.1, -0.05) is 38.1 Å². The fourth-order valence-corrected chi connectivity index (χ4v) is 2.36. The van der Waals surface area contributed by atoms with Crippen molar-refractivity contribution in [3.05, 3.63) is 65.2 Å². The molecule has 4 nitrogen and oxygen atoms in total. The third-order valence-electron chi connectivity index (χ3n) is 3.56. The summed E-state index contributed by atoms with van der Waals surface area (Å²) in [6, 6.07) is 16.9. The zero-order valence-corrected chi connectivity index (χ0v) is 14.5. The van der Waals surface area contributed by atoms with Gasteiger partial charge in [0.25, 0.3) is 5.91 Å². The first-order valence-corrected chi connectivity index (χ1v) is 8.08. The number of nitrogens with one attached hydrogen (secondary N) is 2. The highest BCUT2D eigenvalue weighted by atomic mass is 32.1. The Morgan fingerprint density at radius 3 is 2.29 bits per heavy atom. The van der Waals surface area contributed by atoms with E-state index in [2.05, 4.69) is 30.6 Å². The van der Waals surface area contributed by atoms with Gasteiger partial charge in [0.2, 0.25) is 0 Å². The second kappa shape index (κ2) is 8.23. The van der Waals surface area contributed by atoms with E-state index in [1.807, 2.05) is 36.4 Å². The van der Waals surface area contributed by atoms with E-state index < -0.39 is 0 Å². The van der Waals surface area contributed by atoms with E-state index in [1.165, 1.54) is 5.56 Å². The predicted octanol–water partition coefficient (Wildman–Crippen LogP) is 4.00. The topological polar surface area (TPSA) is 64.9 Å². The molecule has 0 fully saturated rings. The Kier molecular flexibility index (Phi) is 6.05. The third kappa shape index (κ3) is 4.90. The van der Waals surface area contributed by atoms with Gasteiger partial charge in [-0.25, -0.2) is 0 Å². The Bertz CT molecular complexity index is 759. The van der Waals surface area contributed by atoms with Gasteiger partial charge in [0, 0.05) is 11.3 Å². The summed E-state index contributed by atoms with van der Waals surface area (Å²) < 4.78 is 0. The van der Waals surface area contributed by atoms with Crippen LogP contribution in [0.5, 0.6) is 0 Å². The minimum Gasteiger partial charge on any atom is -0.332 e. The maximum atomic E-state index is 12.2. The highest BCUT2D eigenvalue weighted by molar-refractivity contribution is 7.80. The zero-order valence-electron chi connectivity index (χ0n) is 13.7. The number of anilines is 1. The average molecular weight is 337 g/mol. The molecule has 0 saturated heterocycles. The van der Waals surface area contributed by atoms with Crippen molar-refractivity contribution in [1.29, 1.82) is 5.26 Å². The van der Waals surface area contributed by atoms with Gasteiger partial charge >= 0.3 is 0 Å². The maximum absolute atomic E-state index is 12.2. The molecule has 2 N–H and O–H groups in total. The zero-order chi connectivity index (χ0) is 17.5. The summed E-state index contributed by atoms with van der Waals surface area (Å²) in [5.41, 5.74) is 3.44. The van der Waals surface area contributed by atoms with Crippen molar-refractivity contribution in [3.63, 3.8) is 0 Å². The van der Waals surface area contributed by atoms with Crippen LogP contribution in [0, 0.1) is 11.3 Å². The summed E-state index contributed by atoms with van der Waals surface area (Å²) in [6.07, 6.45) is 0.369. The smallest absolute Gasteiger partial charge is 0.257 e. The second-order valence-electron chi connectivity index (χ2n) is 5.72. The summed E-state index contributed by atoms with van der Waals surface area (Å²) >= 11 is 5.17. The quantitative estimate of drug-likeness (QED) is 0.828. The van der Waals surface area contributed by atoms with Gasteiger partial charge in [-0.3, -0.25) is 10.1 Å². The van der Waals surface area contributed by atoms with E-state index in [-0.39, 0.29) is 11.0 Å². The van der Waals surface area contributed by atoms with Gasteiger partial charge in [-0.05, 0) is 53.5 Å². The third-order valence-corrected chi connectivity index (χ3v) is 3.77. The van der Waals surface area contributed by atoms with Crippen molar-refractivity contribution in [2.24, 2.45) is 0 Å². The van der Waals surface area contributed by atoms with Crippen LogP contribution in [0.15, 0.2) is 48.5 Å². The molecule has 2 aromatic rings. The van der Waals surface area contributed by atoms with Crippen molar-refractivity contribution in [3.8, 4) is 6.07 Å². The summed E-state index contributed by atoms with van der Waals surface area (Å²) in [6.45, 7) is 4.21. The molecule has 2 aromatic carbocycles. The number of rotatable bonds is 4. The Morgan fingerprint density at radius 1 is 1.12 bits per heavy atom. The number of carbonyl (C=O) groups excluding carboxylic acids is 1. The van der Waals surface area contributed by atoms with Gasteiger partial charge in [0.1, 0.15) is 0 Å². The summed E-state index contributed by atoms with van der Waals surface area (Å²) in [5, 5.41) is 14.5. The number of nitriles is 1. The molecule has 0 aliphatic heterocycles. The molecule has 0 heterocycles. The number of thiocarbonyl (C=S) groups is 1. The summed E-state index contributed by atoms with van der Waals surface area (Å²) in [5.74, 6) is 0.178. The SMILES string of the molecule is CC(C)c1ccc(C(=O)NC(=S)Nc2ccc(CC#N)cc2)cc1. The van der Waals surface area contributed by atoms with Crippen LogP contribution in [0.25, 0.3) is 0 Å². The monoisotopic (exact) mass is 337 g/mol. The molecule has 0 spiro atoms. The lowest BCUT2D eigenvalue weighted by Gasteiger charge is -2.11. The van der Waals surface area contributed by atoms with Crippen LogP contribution < -0.4 is 10.6 Å². The Hall–Kier alpha value is -2.71. The molecule has 2 rings (SSSR count). The van der Waals surface area contributed by atoms with E-state index in [0.717, 1.165) is 11.3 Å². The van der Waals surface area contributed by atoms with Crippen molar-refractivity contribution >= 4 is 28.9 Å². The molecule has 0 unspecified atom stereocenters. The molecule has 122 valence electrons. The highest BCUT2D eigenvalue weighted by Gasteiger charge is 2.08. The largest absolute Gasteiger partial charge is 0.332 e. The van der Waals surface area contributed by atoms with E-state index in [9.17, 15) is 4.79 Å². The van der Waals surface area contributed by atoms with Crippen molar-refractivity contribution in [2.75, 3.05) is 5.32 Å². The van der Waals surface area contributed by atoms with Gasteiger partial charge in [-0.15, -0.1) is 0 Å². The van der Waals surface area contributed by atoms with Crippen molar-refractivity contribution < 1.29 is 4.79 Å². The number of carbonyl (C=O) groups is 1. The molecule has 0 atom stereocenters. The predicted molar refractivity (Wildman–Crippen MR) is 100.0 cm³/mol. The molecular formula is C19H19N3OS. The number of hydrogen-bond donors (Lipinski definition) is 2. The van der Waals surface area contributed by atoms with Crippen LogP contribution in [0.1, 0.15) is 41.3 Å². The highest BCUT2D eigenvalue weighted by Crippen LogP contribution is 2.15. The van der Waals surface area contributed by atoms with Gasteiger partial charge < -0.3 is 5.32 Å². The van der Waals surface area contributed by atoms with E-state index >= 15 is 0 Å². The minimum absolute atomic E-state index is 0.237. The van der Waals surface area contributed by atoms with Crippen LogP contribution in [0.4, 0.5) is 5.69 Å². The van der Waals surface area contributed by atoms with Crippen molar-refractivity contribution in [2.45, 2.75) is 26.2 Å². The first-order chi connectivity index (χ1) is 11.5. The molecule has 24 heavy (non-hydrogen) atoms. The number of benzene rings is 2. The standard InChI is InChI=1S/C19H19N3OS/c1-13(2)15-5-7-16(8-6-15)18(23)22-19(24)21-17-9-3-14(4-10-17)11-12-20/h3-10,13H,11H2,1-2H3,(H2,21,22,23,24). The lowest BCUT2D eigenvalue weighted by atomic mass is 10.0. The Labute approximate surface area is 147 Å². The van der Waals surface area contributed by atoms with Gasteiger partial charge in [0.05, 0.1) is 12.5 Å². The lowest BCUT2D eigenvalue weighted by molar-refractivity contribution is 0.0977. The van der Waals surface area contributed by atoms with Crippen LogP contribution in [0.2, 0.25) is 0 Å². The number of amides is 1. The molecule has 0 saturated carbocycles. The average Bonchev–Trinajstić information content (AvgIpc) is 2.57. The molecule has 0 aromatic heterocycles. The van der Waals surface area contributed by atoms with E-state index in [4.69, 9.17) is 17.5 Å². The molecule has 1 amide bonds. The Balaban J connectivity index is 1.93. The maximum Gasteiger partial charge on any atom is 0.257 e. The molecule has 0 aliphatic rings. The fourth-order valence-electron chi connectivity index (χ4n) is 2.15. The molecule has 0 bridgehead atoms. The number of nitrogens with zero attached hydrogens (tertiary/aromatic N) is 1. The summed E-state index contributed by atoms with van der Waals surface area (Å²) in [7, 11) is 0. The van der Waals surface area contributed by atoms with Crippen molar-refractivity contribution in [1.82, 2.24) is 5.32 Å². The minimum atomic E-state index is -0.246. The van der Waals surface area contributed by atoms with Crippen LogP contribution in [-0.4, -0.2) is 11.0 Å². The summed E-state index contributed by atoms with van der Waals surface area (Å²) in [4.78, 5) is 12.2.